The lowest BCUT2D eigenvalue weighted by Crippen LogP contribution is -2.36. The predicted octanol–water partition coefficient (Wildman–Crippen LogP) is 3.94. The van der Waals surface area contributed by atoms with Gasteiger partial charge in [0.05, 0.1) is 17.7 Å². The van der Waals surface area contributed by atoms with Gasteiger partial charge in [-0.3, -0.25) is 4.79 Å². The first-order valence-electron chi connectivity index (χ1n) is 7.51. The van der Waals surface area contributed by atoms with Gasteiger partial charge < -0.3 is 14.8 Å². The molecule has 1 amide bonds. The van der Waals surface area contributed by atoms with Gasteiger partial charge in [0.2, 0.25) is 0 Å². The molecule has 122 valence electrons. The second kappa shape index (κ2) is 8.44. The molecule has 2 rings (SSSR count). The van der Waals surface area contributed by atoms with Crippen molar-refractivity contribution in [3.8, 4) is 11.5 Å². The Morgan fingerprint density at radius 2 is 1.91 bits per heavy atom. The Bertz CT molecular complexity index is 646. The van der Waals surface area contributed by atoms with E-state index in [1.165, 1.54) is 0 Å². The van der Waals surface area contributed by atoms with Gasteiger partial charge in [0.15, 0.2) is 0 Å². The van der Waals surface area contributed by atoms with Gasteiger partial charge in [-0.15, -0.1) is 0 Å². The van der Waals surface area contributed by atoms with Crippen molar-refractivity contribution in [1.82, 2.24) is 5.32 Å². The van der Waals surface area contributed by atoms with Crippen LogP contribution >= 0.6 is 11.6 Å². The fourth-order valence-electron chi connectivity index (χ4n) is 2.00. The number of nitrogens with one attached hydrogen (secondary N) is 1. The van der Waals surface area contributed by atoms with E-state index in [0.29, 0.717) is 29.5 Å². The maximum absolute atomic E-state index is 12.2. The fourth-order valence-corrected chi connectivity index (χ4v) is 2.24. The van der Waals surface area contributed by atoms with Crippen LogP contribution in [0.2, 0.25) is 5.02 Å². The van der Waals surface area contributed by atoms with Crippen molar-refractivity contribution in [2.75, 3.05) is 13.2 Å². The van der Waals surface area contributed by atoms with E-state index >= 15 is 0 Å². The third-order valence-electron chi connectivity index (χ3n) is 3.11. The van der Waals surface area contributed by atoms with Gasteiger partial charge in [-0.1, -0.05) is 29.8 Å². The van der Waals surface area contributed by atoms with E-state index in [-0.39, 0.29) is 11.9 Å². The number of ether oxygens (including phenoxy) is 2. The minimum absolute atomic E-state index is 0.131. The molecule has 1 N–H and O–H groups in total. The number of benzene rings is 2. The van der Waals surface area contributed by atoms with Crippen LogP contribution in [0.15, 0.2) is 48.5 Å². The summed E-state index contributed by atoms with van der Waals surface area (Å²) in [6.45, 7) is 4.68. The number of hydrogen-bond donors (Lipinski definition) is 1. The average Bonchev–Trinajstić information content (AvgIpc) is 2.56. The summed E-state index contributed by atoms with van der Waals surface area (Å²) in [5.74, 6) is 1.16. The summed E-state index contributed by atoms with van der Waals surface area (Å²) < 4.78 is 11.0. The Labute approximate surface area is 141 Å². The maximum Gasteiger partial charge on any atom is 0.251 e. The first-order valence-corrected chi connectivity index (χ1v) is 7.89. The SMILES string of the molecule is CCOc1ccc(C(=O)N[C@@H](C)COc2ccccc2)cc1Cl. The van der Waals surface area contributed by atoms with Gasteiger partial charge in [0, 0.05) is 5.56 Å². The molecule has 0 aliphatic heterocycles. The van der Waals surface area contributed by atoms with Crippen molar-refractivity contribution in [2.24, 2.45) is 0 Å². The normalized spacial score (nSPS) is 11.6. The van der Waals surface area contributed by atoms with Gasteiger partial charge in [-0.25, -0.2) is 0 Å². The molecule has 2 aromatic rings. The summed E-state index contributed by atoms with van der Waals surface area (Å²) in [5, 5.41) is 3.31. The minimum Gasteiger partial charge on any atom is -0.492 e. The molecule has 5 heteroatoms. The standard InChI is InChI=1S/C18H20ClNO3/c1-3-22-17-10-9-14(11-16(17)19)18(21)20-13(2)12-23-15-7-5-4-6-8-15/h4-11,13H,3,12H2,1-2H3,(H,20,21)/t13-/m0/s1. The zero-order chi connectivity index (χ0) is 16.7. The first-order chi connectivity index (χ1) is 11.1. The number of hydrogen-bond acceptors (Lipinski definition) is 3. The van der Waals surface area contributed by atoms with Crippen LogP contribution in [0.4, 0.5) is 0 Å². The molecule has 0 fully saturated rings. The predicted molar refractivity (Wildman–Crippen MR) is 91.5 cm³/mol. The lowest BCUT2D eigenvalue weighted by Gasteiger charge is -2.15. The third kappa shape index (κ3) is 5.18. The molecule has 0 heterocycles. The monoisotopic (exact) mass is 333 g/mol. The van der Waals surface area contributed by atoms with Gasteiger partial charge in [0.1, 0.15) is 18.1 Å². The zero-order valence-corrected chi connectivity index (χ0v) is 14.0. The van der Waals surface area contributed by atoms with Crippen molar-refractivity contribution >= 4 is 17.5 Å². The average molecular weight is 334 g/mol. The zero-order valence-electron chi connectivity index (χ0n) is 13.2. The smallest absolute Gasteiger partial charge is 0.251 e. The molecule has 2 aromatic carbocycles. The molecule has 0 radical (unpaired) electrons. The molecule has 4 nitrogen and oxygen atoms in total. The second-order valence-corrected chi connectivity index (χ2v) is 5.48. The molecule has 0 spiro atoms. The Balaban J connectivity index is 1.89. The number of carbonyl (C=O) groups excluding carboxylic acids is 1. The van der Waals surface area contributed by atoms with Crippen LogP contribution in [-0.2, 0) is 0 Å². The van der Waals surface area contributed by atoms with Crippen molar-refractivity contribution in [2.45, 2.75) is 19.9 Å². The largest absolute Gasteiger partial charge is 0.492 e. The van der Waals surface area contributed by atoms with E-state index in [2.05, 4.69) is 5.32 Å². The van der Waals surface area contributed by atoms with Crippen LogP contribution in [-0.4, -0.2) is 25.2 Å². The van der Waals surface area contributed by atoms with Gasteiger partial charge in [-0.05, 0) is 44.2 Å². The second-order valence-electron chi connectivity index (χ2n) is 5.08. The first kappa shape index (κ1) is 17.2. The number of amides is 1. The van der Waals surface area contributed by atoms with Crippen molar-refractivity contribution in [3.05, 3.63) is 59.1 Å². The van der Waals surface area contributed by atoms with Crippen LogP contribution in [0.5, 0.6) is 11.5 Å². The van der Waals surface area contributed by atoms with E-state index in [4.69, 9.17) is 21.1 Å². The third-order valence-corrected chi connectivity index (χ3v) is 3.41. The topological polar surface area (TPSA) is 47.6 Å². The summed E-state index contributed by atoms with van der Waals surface area (Å²) in [5.41, 5.74) is 0.491. The molecule has 0 saturated heterocycles. The Morgan fingerprint density at radius 3 is 2.57 bits per heavy atom. The highest BCUT2D eigenvalue weighted by Crippen LogP contribution is 2.25. The van der Waals surface area contributed by atoms with E-state index in [0.717, 1.165) is 5.75 Å². The van der Waals surface area contributed by atoms with Crippen molar-refractivity contribution in [3.63, 3.8) is 0 Å². The Hall–Kier alpha value is -2.20. The van der Waals surface area contributed by atoms with Gasteiger partial charge in [-0.2, -0.15) is 0 Å². The highest BCUT2D eigenvalue weighted by Gasteiger charge is 2.12. The highest BCUT2D eigenvalue weighted by molar-refractivity contribution is 6.32. The van der Waals surface area contributed by atoms with Crippen LogP contribution in [0, 0.1) is 0 Å². The van der Waals surface area contributed by atoms with Crippen molar-refractivity contribution in [1.29, 1.82) is 0 Å². The molecule has 23 heavy (non-hydrogen) atoms. The van der Waals surface area contributed by atoms with Gasteiger partial charge in [0.25, 0.3) is 5.91 Å². The van der Waals surface area contributed by atoms with Crippen LogP contribution < -0.4 is 14.8 Å². The molecule has 0 aromatic heterocycles. The number of halogens is 1. The van der Waals surface area contributed by atoms with Crippen LogP contribution in [0.1, 0.15) is 24.2 Å². The minimum atomic E-state index is -0.195. The Morgan fingerprint density at radius 1 is 1.17 bits per heavy atom. The molecular weight excluding hydrogens is 314 g/mol. The molecule has 0 aliphatic rings. The van der Waals surface area contributed by atoms with E-state index in [9.17, 15) is 4.79 Å². The summed E-state index contributed by atoms with van der Waals surface area (Å²) >= 11 is 6.10. The van der Waals surface area contributed by atoms with E-state index < -0.39 is 0 Å². The lowest BCUT2D eigenvalue weighted by atomic mass is 10.2. The van der Waals surface area contributed by atoms with E-state index in [1.807, 2.05) is 44.2 Å². The van der Waals surface area contributed by atoms with Crippen LogP contribution in [0.25, 0.3) is 0 Å². The molecule has 1 atom stereocenters. The number of rotatable bonds is 7. The number of carbonyl (C=O) groups is 1. The molecule has 0 saturated carbocycles. The fraction of sp³-hybridized carbons (Fsp3) is 0.278. The van der Waals surface area contributed by atoms with Crippen LogP contribution in [0.3, 0.4) is 0 Å². The molecular formula is C18H20ClNO3. The quantitative estimate of drug-likeness (QED) is 0.835. The lowest BCUT2D eigenvalue weighted by molar-refractivity contribution is 0.0926. The van der Waals surface area contributed by atoms with Crippen molar-refractivity contribution < 1.29 is 14.3 Å². The number of para-hydroxylation sites is 1. The van der Waals surface area contributed by atoms with E-state index in [1.54, 1.807) is 18.2 Å². The molecule has 0 unspecified atom stereocenters. The molecule has 0 bridgehead atoms. The maximum atomic E-state index is 12.2. The summed E-state index contributed by atoms with van der Waals surface area (Å²) in [6, 6.07) is 14.3. The summed E-state index contributed by atoms with van der Waals surface area (Å²) in [4.78, 5) is 12.2. The summed E-state index contributed by atoms with van der Waals surface area (Å²) in [6.07, 6.45) is 0. The van der Waals surface area contributed by atoms with Gasteiger partial charge >= 0.3 is 0 Å². The molecule has 0 aliphatic carbocycles. The highest BCUT2D eigenvalue weighted by atomic mass is 35.5. The Kier molecular flexibility index (Phi) is 6.29. The summed E-state index contributed by atoms with van der Waals surface area (Å²) in [7, 11) is 0.